The number of nitrogens with zero attached hydrogens (tertiary/aromatic N) is 4. The zero-order valence-corrected chi connectivity index (χ0v) is 12.9. The Balaban J connectivity index is 1.86. The van der Waals surface area contributed by atoms with E-state index in [2.05, 4.69) is 20.6 Å². The fourth-order valence-electron chi connectivity index (χ4n) is 2.28. The lowest BCUT2D eigenvalue weighted by Gasteiger charge is -2.15. The Labute approximate surface area is 135 Å². The number of alkyl halides is 3. The molecular weight excluding hydrogens is 323 g/mol. The van der Waals surface area contributed by atoms with Crippen LogP contribution in [-0.4, -0.2) is 26.9 Å². The number of halogens is 3. The van der Waals surface area contributed by atoms with E-state index in [1.165, 1.54) is 23.8 Å². The van der Waals surface area contributed by atoms with Gasteiger partial charge in [-0.15, -0.1) is 15.3 Å². The molecule has 1 N–H and O–H groups in total. The highest BCUT2D eigenvalue weighted by Crippen LogP contribution is 2.34. The molecule has 0 aliphatic carbocycles. The summed E-state index contributed by atoms with van der Waals surface area (Å²) >= 11 is 0. The zero-order chi connectivity index (χ0) is 17.3. The van der Waals surface area contributed by atoms with Crippen molar-refractivity contribution in [2.24, 2.45) is 0 Å². The van der Waals surface area contributed by atoms with Crippen molar-refractivity contribution < 1.29 is 17.9 Å². The van der Waals surface area contributed by atoms with E-state index in [-0.39, 0.29) is 17.9 Å². The Kier molecular flexibility index (Phi) is 4.00. The number of rotatable bonds is 4. The lowest BCUT2D eigenvalue weighted by atomic mass is 10.1. The van der Waals surface area contributed by atoms with Crippen LogP contribution in [-0.2, 0) is 12.7 Å². The maximum Gasteiger partial charge on any atom is 0.416 e. The number of ether oxygens (including phenoxy) is 1. The van der Waals surface area contributed by atoms with Gasteiger partial charge in [-0.25, -0.2) is 0 Å². The molecule has 126 valence electrons. The first-order valence-electron chi connectivity index (χ1n) is 7.05. The van der Waals surface area contributed by atoms with Crippen LogP contribution in [0.15, 0.2) is 30.3 Å². The van der Waals surface area contributed by atoms with E-state index >= 15 is 0 Å². The Bertz CT molecular complexity index is 875. The Morgan fingerprint density at radius 3 is 2.67 bits per heavy atom. The molecule has 6 nitrogen and oxygen atoms in total. The van der Waals surface area contributed by atoms with Gasteiger partial charge < -0.3 is 10.1 Å². The average molecular weight is 337 g/mol. The highest BCUT2D eigenvalue weighted by molar-refractivity contribution is 5.45. The van der Waals surface area contributed by atoms with Crippen molar-refractivity contribution in [2.45, 2.75) is 19.6 Å². The number of nitrogens with one attached hydrogen (secondary N) is 1. The molecule has 0 amide bonds. The molecule has 0 aliphatic rings. The number of methoxy groups -OCH3 is 1. The molecule has 0 fully saturated rings. The zero-order valence-electron chi connectivity index (χ0n) is 12.9. The van der Waals surface area contributed by atoms with E-state index in [0.29, 0.717) is 17.3 Å². The van der Waals surface area contributed by atoms with Gasteiger partial charge in [-0.2, -0.15) is 17.7 Å². The normalized spacial score (nSPS) is 11.7. The number of hydrogen-bond donors (Lipinski definition) is 1. The van der Waals surface area contributed by atoms with Gasteiger partial charge in [0.15, 0.2) is 11.5 Å². The molecule has 0 spiro atoms. The lowest BCUT2D eigenvalue weighted by molar-refractivity contribution is -0.138. The third kappa shape index (κ3) is 3.10. The average Bonchev–Trinajstić information content (AvgIpc) is 2.93. The molecule has 0 bridgehead atoms. The summed E-state index contributed by atoms with van der Waals surface area (Å²) in [6.45, 7) is 1.71. The molecule has 0 radical (unpaired) electrons. The minimum Gasteiger partial charge on any atom is -0.497 e. The van der Waals surface area contributed by atoms with E-state index in [1.807, 2.05) is 0 Å². The largest absolute Gasteiger partial charge is 0.497 e. The van der Waals surface area contributed by atoms with Crippen LogP contribution in [0.1, 0.15) is 17.0 Å². The quantitative estimate of drug-likeness (QED) is 0.793. The van der Waals surface area contributed by atoms with E-state index < -0.39 is 11.7 Å². The molecule has 0 saturated heterocycles. The molecule has 2 heterocycles. The molecule has 24 heavy (non-hydrogen) atoms. The van der Waals surface area contributed by atoms with Gasteiger partial charge in [0.2, 0.25) is 0 Å². The first-order chi connectivity index (χ1) is 11.4. The van der Waals surface area contributed by atoms with Crippen LogP contribution in [0.25, 0.3) is 5.65 Å². The fraction of sp³-hybridized carbons (Fsp3) is 0.267. The van der Waals surface area contributed by atoms with Crippen LogP contribution in [0, 0.1) is 6.92 Å². The number of aromatic nitrogens is 4. The summed E-state index contributed by atoms with van der Waals surface area (Å²) in [5.74, 6) is 1.18. The second-order valence-corrected chi connectivity index (χ2v) is 5.11. The van der Waals surface area contributed by atoms with Crippen LogP contribution < -0.4 is 10.1 Å². The number of aryl methyl sites for hydroxylation is 1. The monoisotopic (exact) mass is 337 g/mol. The number of anilines is 1. The van der Waals surface area contributed by atoms with Gasteiger partial charge in [0.25, 0.3) is 0 Å². The number of benzene rings is 1. The van der Waals surface area contributed by atoms with Gasteiger partial charge in [0.05, 0.1) is 12.7 Å². The van der Waals surface area contributed by atoms with Gasteiger partial charge in [-0.3, -0.25) is 0 Å². The predicted molar refractivity (Wildman–Crippen MR) is 80.8 cm³/mol. The summed E-state index contributed by atoms with van der Waals surface area (Å²) < 4.78 is 46.0. The molecule has 0 unspecified atom stereocenters. The van der Waals surface area contributed by atoms with Crippen molar-refractivity contribution in [2.75, 3.05) is 12.4 Å². The molecule has 0 saturated carbocycles. The van der Waals surface area contributed by atoms with E-state index in [9.17, 15) is 13.2 Å². The SMILES string of the molecule is COc1ccc(CNc2ccc3nnc(C)n3n2)c(C(F)(F)F)c1. The minimum atomic E-state index is -4.46. The Morgan fingerprint density at radius 1 is 1.17 bits per heavy atom. The van der Waals surface area contributed by atoms with E-state index in [4.69, 9.17) is 4.74 Å². The number of hydrogen-bond acceptors (Lipinski definition) is 5. The molecule has 9 heteroatoms. The van der Waals surface area contributed by atoms with Gasteiger partial charge in [-0.1, -0.05) is 6.07 Å². The summed E-state index contributed by atoms with van der Waals surface area (Å²) in [7, 11) is 1.33. The van der Waals surface area contributed by atoms with E-state index in [1.54, 1.807) is 19.1 Å². The predicted octanol–water partition coefficient (Wildman–Crippen LogP) is 3.07. The second-order valence-electron chi connectivity index (χ2n) is 5.11. The summed E-state index contributed by atoms with van der Waals surface area (Å²) in [4.78, 5) is 0. The third-order valence-electron chi connectivity index (χ3n) is 3.50. The van der Waals surface area contributed by atoms with Gasteiger partial charge in [-0.05, 0) is 36.8 Å². The Morgan fingerprint density at radius 2 is 1.96 bits per heavy atom. The summed E-state index contributed by atoms with van der Waals surface area (Å²) in [5.41, 5.74) is -0.0694. The van der Waals surface area contributed by atoms with Crippen molar-refractivity contribution in [1.82, 2.24) is 19.8 Å². The fourth-order valence-corrected chi connectivity index (χ4v) is 2.28. The lowest BCUT2D eigenvalue weighted by Crippen LogP contribution is -2.13. The van der Waals surface area contributed by atoms with Crippen molar-refractivity contribution in [3.63, 3.8) is 0 Å². The first kappa shape index (κ1) is 16.0. The standard InChI is InChI=1S/C15H14F3N5O/c1-9-20-21-14-6-5-13(22-23(9)14)19-8-10-3-4-11(24-2)7-12(10)15(16,17)18/h3-7H,8H2,1-2H3,(H,19,22). The van der Waals surface area contributed by atoms with Crippen molar-refractivity contribution in [3.05, 3.63) is 47.3 Å². The number of fused-ring (bicyclic) bond motifs is 1. The van der Waals surface area contributed by atoms with Gasteiger partial charge >= 0.3 is 6.18 Å². The minimum absolute atomic E-state index is 0.0292. The summed E-state index contributed by atoms with van der Waals surface area (Å²) in [5, 5.41) is 14.9. The van der Waals surface area contributed by atoms with Crippen LogP contribution >= 0.6 is 0 Å². The third-order valence-corrected chi connectivity index (χ3v) is 3.50. The molecule has 2 aromatic heterocycles. The molecule has 0 aliphatic heterocycles. The molecule has 3 aromatic rings. The highest BCUT2D eigenvalue weighted by atomic mass is 19.4. The van der Waals surface area contributed by atoms with Crippen molar-refractivity contribution in [1.29, 1.82) is 0 Å². The Hall–Kier alpha value is -2.84. The maximum atomic E-state index is 13.2. The molecule has 3 rings (SSSR count). The van der Waals surface area contributed by atoms with Gasteiger partial charge in [0, 0.05) is 6.54 Å². The maximum absolute atomic E-state index is 13.2. The summed E-state index contributed by atoms with van der Waals surface area (Å²) in [6.07, 6.45) is -4.46. The first-order valence-corrected chi connectivity index (χ1v) is 7.05. The summed E-state index contributed by atoms with van der Waals surface area (Å²) in [6, 6.07) is 7.19. The molecule has 1 aromatic carbocycles. The van der Waals surface area contributed by atoms with Crippen LogP contribution in [0.5, 0.6) is 5.75 Å². The second kappa shape index (κ2) is 5.99. The molecule has 0 atom stereocenters. The van der Waals surface area contributed by atoms with Crippen LogP contribution in [0.3, 0.4) is 0 Å². The van der Waals surface area contributed by atoms with Crippen molar-refractivity contribution >= 4 is 11.5 Å². The smallest absolute Gasteiger partial charge is 0.416 e. The molecular formula is C15H14F3N5O. The highest BCUT2D eigenvalue weighted by Gasteiger charge is 2.33. The van der Waals surface area contributed by atoms with Gasteiger partial charge in [0.1, 0.15) is 11.6 Å². The van der Waals surface area contributed by atoms with E-state index in [0.717, 1.165) is 6.07 Å². The van der Waals surface area contributed by atoms with Crippen molar-refractivity contribution in [3.8, 4) is 5.75 Å². The topological polar surface area (TPSA) is 64.3 Å². The van der Waals surface area contributed by atoms with Crippen LogP contribution in [0.4, 0.5) is 19.0 Å². The van der Waals surface area contributed by atoms with Crippen LogP contribution in [0.2, 0.25) is 0 Å².